The quantitative estimate of drug-likeness (QED) is 0.584. The van der Waals surface area contributed by atoms with Crippen LogP contribution in [-0.4, -0.2) is 52.7 Å². The number of anilines is 1. The molecule has 1 aliphatic rings. The average Bonchev–Trinajstić information content (AvgIpc) is 2.35. The second kappa shape index (κ2) is 6.23. The minimum atomic E-state index is -0.484. The summed E-state index contributed by atoms with van der Waals surface area (Å²) in [6, 6.07) is 1.66. The zero-order valence-corrected chi connectivity index (χ0v) is 13.8. The number of hydrogen-bond donors (Lipinski definition) is 0. The van der Waals surface area contributed by atoms with Crippen LogP contribution in [0.1, 0.15) is 20.8 Å². The van der Waals surface area contributed by atoms with Gasteiger partial charge < -0.3 is 14.5 Å². The van der Waals surface area contributed by atoms with Crippen LogP contribution in [0.4, 0.5) is 10.6 Å². The largest absolute Gasteiger partial charge is 0.444 e. The Morgan fingerprint density at radius 2 is 1.81 bits per heavy atom. The minimum Gasteiger partial charge on any atom is -0.444 e. The molecule has 0 saturated carbocycles. The molecule has 0 atom stereocenters. The van der Waals surface area contributed by atoms with Crippen molar-refractivity contribution in [3.63, 3.8) is 0 Å². The van der Waals surface area contributed by atoms with Gasteiger partial charge in [0, 0.05) is 32.2 Å². The SMILES string of the molecule is CC(C)(C)OC(=O)N1CCN(c2cc(Cl)nc(Cl)n2)CC1. The number of ether oxygens (including phenoxy) is 1. The molecule has 21 heavy (non-hydrogen) atoms. The first-order chi connectivity index (χ1) is 9.74. The fraction of sp³-hybridized carbons (Fsp3) is 0.615. The fourth-order valence-electron chi connectivity index (χ4n) is 1.99. The van der Waals surface area contributed by atoms with Gasteiger partial charge in [-0.1, -0.05) is 11.6 Å². The number of nitrogens with zero attached hydrogens (tertiary/aromatic N) is 4. The van der Waals surface area contributed by atoms with E-state index in [0.717, 1.165) is 0 Å². The Labute approximate surface area is 134 Å². The first kappa shape index (κ1) is 16.1. The van der Waals surface area contributed by atoms with E-state index in [-0.39, 0.29) is 11.4 Å². The Hall–Kier alpha value is -1.27. The van der Waals surface area contributed by atoms with Crippen molar-refractivity contribution in [2.75, 3.05) is 31.1 Å². The third-order valence-electron chi connectivity index (χ3n) is 2.91. The van der Waals surface area contributed by atoms with Gasteiger partial charge in [0.15, 0.2) is 0 Å². The normalized spacial score (nSPS) is 16.0. The molecular formula is C13H18Cl2N4O2. The van der Waals surface area contributed by atoms with E-state index in [1.807, 2.05) is 25.7 Å². The van der Waals surface area contributed by atoms with E-state index < -0.39 is 5.60 Å². The molecule has 2 rings (SSSR count). The Bertz CT molecular complexity index is 505. The van der Waals surface area contributed by atoms with Gasteiger partial charge >= 0.3 is 6.09 Å². The van der Waals surface area contributed by atoms with Gasteiger partial charge in [0.05, 0.1) is 0 Å². The van der Waals surface area contributed by atoms with Gasteiger partial charge in [-0.05, 0) is 32.4 Å². The van der Waals surface area contributed by atoms with Gasteiger partial charge in [0.2, 0.25) is 5.28 Å². The molecule has 1 aromatic heterocycles. The first-order valence-electron chi connectivity index (χ1n) is 6.67. The van der Waals surface area contributed by atoms with Gasteiger partial charge in [0.25, 0.3) is 0 Å². The number of amides is 1. The van der Waals surface area contributed by atoms with E-state index in [4.69, 9.17) is 27.9 Å². The van der Waals surface area contributed by atoms with E-state index in [1.165, 1.54) is 0 Å². The Balaban J connectivity index is 1.95. The molecule has 0 bridgehead atoms. The highest BCUT2D eigenvalue weighted by Crippen LogP contribution is 2.20. The number of rotatable bonds is 1. The van der Waals surface area contributed by atoms with Crippen molar-refractivity contribution in [2.24, 2.45) is 0 Å². The highest BCUT2D eigenvalue weighted by Gasteiger charge is 2.26. The van der Waals surface area contributed by atoms with Crippen LogP contribution in [0, 0.1) is 0 Å². The Morgan fingerprint density at radius 1 is 1.19 bits per heavy atom. The molecular weight excluding hydrogens is 315 g/mol. The summed E-state index contributed by atoms with van der Waals surface area (Å²) in [6.07, 6.45) is -0.291. The monoisotopic (exact) mass is 332 g/mol. The van der Waals surface area contributed by atoms with Crippen LogP contribution in [0.5, 0.6) is 0 Å². The van der Waals surface area contributed by atoms with Crippen LogP contribution in [-0.2, 0) is 4.74 Å². The molecule has 1 aliphatic heterocycles. The summed E-state index contributed by atoms with van der Waals surface area (Å²) >= 11 is 11.7. The summed E-state index contributed by atoms with van der Waals surface area (Å²) in [4.78, 5) is 23.7. The molecule has 6 nitrogen and oxygen atoms in total. The van der Waals surface area contributed by atoms with Crippen LogP contribution in [0.2, 0.25) is 10.4 Å². The predicted molar refractivity (Wildman–Crippen MR) is 82.1 cm³/mol. The molecule has 0 spiro atoms. The summed E-state index contributed by atoms with van der Waals surface area (Å²) < 4.78 is 5.36. The third-order valence-corrected chi connectivity index (χ3v) is 3.27. The van der Waals surface area contributed by atoms with Crippen molar-refractivity contribution in [1.82, 2.24) is 14.9 Å². The zero-order chi connectivity index (χ0) is 15.6. The number of carbonyl (C=O) groups excluding carboxylic acids is 1. The van der Waals surface area contributed by atoms with E-state index in [1.54, 1.807) is 11.0 Å². The van der Waals surface area contributed by atoms with Gasteiger partial charge in [-0.3, -0.25) is 0 Å². The molecule has 0 unspecified atom stereocenters. The molecule has 116 valence electrons. The maximum atomic E-state index is 12.0. The second-order valence-electron chi connectivity index (χ2n) is 5.77. The van der Waals surface area contributed by atoms with E-state index in [0.29, 0.717) is 37.1 Å². The van der Waals surface area contributed by atoms with Crippen molar-refractivity contribution < 1.29 is 9.53 Å². The second-order valence-corrected chi connectivity index (χ2v) is 6.50. The third kappa shape index (κ3) is 4.61. The maximum absolute atomic E-state index is 12.0. The standard InChI is InChI=1S/C13H18Cl2N4O2/c1-13(2,3)21-12(20)19-6-4-18(5-7-19)10-8-9(14)16-11(15)17-10/h8H,4-7H2,1-3H3. The van der Waals surface area contributed by atoms with Gasteiger partial charge in [-0.15, -0.1) is 0 Å². The highest BCUT2D eigenvalue weighted by molar-refractivity contribution is 6.32. The van der Waals surface area contributed by atoms with Crippen LogP contribution in [0.15, 0.2) is 6.07 Å². The van der Waals surface area contributed by atoms with Crippen LogP contribution < -0.4 is 4.90 Å². The lowest BCUT2D eigenvalue weighted by molar-refractivity contribution is 0.0240. The van der Waals surface area contributed by atoms with Crippen molar-refractivity contribution >= 4 is 35.1 Å². The van der Waals surface area contributed by atoms with Gasteiger partial charge in [-0.2, -0.15) is 0 Å². The average molecular weight is 333 g/mol. The van der Waals surface area contributed by atoms with E-state index in [2.05, 4.69) is 9.97 Å². The number of carbonyl (C=O) groups is 1. The lowest BCUT2D eigenvalue weighted by Gasteiger charge is -2.36. The molecule has 2 heterocycles. The molecule has 1 aromatic rings. The maximum Gasteiger partial charge on any atom is 0.410 e. The van der Waals surface area contributed by atoms with E-state index in [9.17, 15) is 4.79 Å². The number of halogens is 2. The van der Waals surface area contributed by atoms with Crippen LogP contribution in [0.3, 0.4) is 0 Å². The summed E-state index contributed by atoms with van der Waals surface area (Å²) in [5.74, 6) is 0.670. The van der Waals surface area contributed by atoms with Crippen LogP contribution >= 0.6 is 23.2 Å². The van der Waals surface area contributed by atoms with Crippen molar-refractivity contribution in [3.8, 4) is 0 Å². The first-order valence-corrected chi connectivity index (χ1v) is 7.43. The predicted octanol–water partition coefficient (Wildman–Crippen LogP) is 2.84. The molecule has 0 radical (unpaired) electrons. The minimum absolute atomic E-state index is 0.118. The molecule has 1 amide bonds. The number of aromatic nitrogens is 2. The zero-order valence-electron chi connectivity index (χ0n) is 12.3. The summed E-state index contributed by atoms with van der Waals surface area (Å²) in [5, 5.41) is 0.423. The fourth-order valence-corrected chi connectivity index (χ4v) is 2.38. The van der Waals surface area contributed by atoms with Gasteiger partial charge in [0.1, 0.15) is 16.6 Å². The van der Waals surface area contributed by atoms with Crippen molar-refractivity contribution in [2.45, 2.75) is 26.4 Å². The molecule has 1 fully saturated rings. The summed E-state index contributed by atoms with van der Waals surface area (Å²) in [7, 11) is 0. The van der Waals surface area contributed by atoms with E-state index >= 15 is 0 Å². The van der Waals surface area contributed by atoms with Crippen molar-refractivity contribution in [1.29, 1.82) is 0 Å². The molecule has 0 aromatic carbocycles. The summed E-state index contributed by atoms with van der Waals surface area (Å²) in [5.41, 5.74) is -0.484. The number of hydrogen-bond acceptors (Lipinski definition) is 5. The number of piperazine rings is 1. The Morgan fingerprint density at radius 3 is 2.33 bits per heavy atom. The lowest BCUT2D eigenvalue weighted by Crippen LogP contribution is -2.50. The van der Waals surface area contributed by atoms with Crippen LogP contribution in [0.25, 0.3) is 0 Å². The van der Waals surface area contributed by atoms with Crippen molar-refractivity contribution in [3.05, 3.63) is 16.5 Å². The Kier molecular flexibility index (Phi) is 4.78. The highest BCUT2D eigenvalue weighted by atomic mass is 35.5. The molecule has 1 saturated heterocycles. The topological polar surface area (TPSA) is 58.6 Å². The van der Waals surface area contributed by atoms with Gasteiger partial charge in [-0.25, -0.2) is 14.8 Å². The summed E-state index contributed by atoms with van der Waals surface area (Å²) in [6.45, 7) is 7.97. The molecule has 8 heteroatoms. The molecule has 0 N–H and O–H groups in total. The smallest absolute Gasteiger partial charge is 0.410 e. The lowest BCUT2D eigenvalue weighted by atomic mass is 10.2. The molecule has 0 aliphatic carbocycles.